The Labute approximate surface area is 171 Å². The molecule has 0 spiro atoms. The summed E-state index contributed by atoms with van der Waals surface area (Å²) in [6.45, 7) is 2.06. The van der Waals surface area contributed by atoms with Crippen LogP contribution in [0.4, 0.5) is 18.9 Å². The minimum absolute atomic E-state index is 0.121. The Bertz CT molecular complexity index is 1020. The quantitative estimate of drug-likeness (QED) is 0.749. The fourth-order valence-electron chi connectivity index (χ4n) is 3.39. The van der Waals surface area contributed by atoms with Gasteiger partial charge in [0.15, 0.2) is 0 Å². The van der Waals surface area contributed by atoms with E-state index in [9.17, 15) is 21.6 Å². The molecule has 2 aromatic carbocycles. The average Bonchev–Trinajstić information content (AvgIpc) is 2.66. The molecule has 3 N–H and O–H groups in total. The van der Waals surface area contributed by atoms with Gasteiger partial charge in [0, 0.05) is 36.8 Å². The van der Waals surface area contributed by atoms with E-state index in [1.165, 1.54) is 19.2 Å². The summed E-state index contributed by atoms with van der Waals surface area (Å²) in [7, 11) is -2.97. The molecular weight excluding hydrogens is 431 g/mol. The summed E-state index contributed by atoms with van der Waals surface area (Å²) in [6.07, 6.45) is -4.76. The molecule has 0 bridgehead atoms. The Balaban J connectivity index is 2.44. The van der Waals surface area contributed by atoms with Gasteiger partial charge in [-0.2, -0.15) is 13.2 Å². The van der Waals surface area contributed by atoms with Crippen LogP contribution in [0.2, 0.25) is 5.02 Å². The van der Waals surface area contributed by atoms with Gasteiger partial charge in [0.2, 0.25) is 10.0 Å². The van der Waals surface area contributed by atoms with Crippen molar-refractivity contribution in [3.8, 4) is 16.9 Å². The Kier molecular flexibility index (Phi) is 6.00. The van der Waals surface area contributed by atoms with Crippen LogP contribution in [0.15, 0.2) is 35.2 Å². The van der Waals surface area contributed by atoms with Crippen LogP contribution < -0.4 is 20.1 Å². The Morgan fingerprint density at radius 3 is 2.38 bits per heavy atom. The second-order valence-corrected chi connectivity index (χ2v) is 8.43. The fraction of sp³-hybridized carbons (Fsp3) is 0.333. The molecule has 0 aromatic heterocycles. The molecule has 158 valence electrons. The molecule has 6 nitrogen and oxygen atoms in total. The van der Waals surface area contributed by atoms with Gasteiger partial charge >= 0.3 is 6.18 Å². The number of nitrogens with two attached hydrogens (primary N) is 1. The van der Waals surface area contributed by atoms with Crippen LogP contribution in [-0.4, -0.2) is 41.7 Å². The van der Waals surface area contributed by atoms with E-state index in [-0.39, 0.29) is 27.6 Å². The van der Waals surface area contributed by atoms with E-state index in [0.717, 1.165) is 18.2 Å². The highest BCUT2D eigenvalue weighted by Crippen LogP contribution is 2.47. The second kappa shape index (κ2) is 8.02. The van der Waals surface area contributed by atoms with Crippen LogP contribution in [-0.2, 0) is 16.2 Å². The van der Waals surface area contributed by atoms with Crippen molar-refractivity contribution >= 4 is 27.3 Å². The number of methoxy groups -OCH3 is 1. The molecule has 1 fully saturated rings. The topological polar surface area (TPSA) is 84.7 Å². The van der Waals surface area contributed by atoms with E-state index in [4.69, 9.17) is 21.5 Å². The Morgan fingerprint density at radius 2 is 1.83 bits per heavy atom. The van der Waals surface area contributed by atoms with Crippen molar-refractivity contribution in [3.05, 3.63) is 40.9 Å². The van der Waals surface area contributed by atoms with E-state index < -0.39 is 26.7 Å². The summed E-state index contributed by atoms with van der Waals surface area (Å²) in [5, 5.41) is 8.39. The minimum atomic E-state index is -4.76. The van der Waals surface area contributed by atoms with E-state index >= 15 is 0 Å². The summed E-state index contributed by atoms with van der Waals surface area (Å²) >= 11 is 5.80. The number of benzene rings is 2. The lowest BCUT2D eigenvalue weighted by atomic mass is 9.96. The van der Waals surface area contributed by atoms with Crippen molar-refractivity contribution in [2.24, 2.45) is 5.14 Å². The minimum Gasteiger partial charge on any atom is -0.495 e. The number of nitrogens with zero attached hydrogens (tertiary/aromatic N) is 1. The van der Waals surface area contributed by atoms with Crippen LogP contribution in [0.5, 0.6) is 5.75 Å². The summed E-state index contributed by atoms with van der Waals surface area (Å²) in [5.74, 6) is 0.248. The van der Waals surface area contributed by atoms with Crippen molar-refractivity contribution < 1.29 is 26.3 Å². The third-order valence-corrected chi connectivity index (χ3v) is 5.81. The molecule has 3 rings (SSSR count). The van der Waals surface area contributed by atoms with Crippen LogP contribution in [0.25, 0.3) is 11.1 Å². The first-order chi connectivity index (χ1) is 13.5. The van der Waals surface area contributed by atoms with Crippen molar-refractivity contribution in [1.82, 2.24) is 5.32 Å². The Hall–Kier alpha value is -2.01. The number of primary sulfonamides is 1. The summed E-state index contributed by atoms with van der Waals surface area (Å²) < 4.78 is 71.4. The standard InChI is InChI=1S/C18H19ClF3N3O3S/c1-28-14-4-5-15(29(23,26)27)16(17(14)25-8-6-24-7-9-25)12-3-2-11(19)10-13(12)18(20,21)22/h2-5,10,24H,6-9H2,1H3,(H2,23,26,27). The molecule has 0 aliphatic carbocycles. The highest BCUT2D eigenvalue weighted by atomic mass is 35.5. The molecule has 1 saturated heterocycles. The monoisotopic (exact) mass is 449 g/mol. The average molecular weight is 450 g/mol. The highest BCUT2D eigenvalue weighted by Gasteiger charge is 2.37. The van der Waals surface area contributed by atoms with E-state index in [2.05, 4.69) is 5.32 Å². The van der Waals surface area contributed by atoms with Gasteiger partial charge in [-0.25, -0.2) is 13.6 Å². The molecule has 0 amide bonds. The molecule has 2 aromatic rings. The van der Waals surface area contributed by atoms with Gasteiger partial charge in [0.1, 0.15) is 5.75 Å². The number of nitrogens with one attached hydrogen (secondary N) is 1. The number of ether oxygens (including phenoxy) is 1. The van der Waals surface area contributed by atoms with Gasteiger partial charge in [-0.3, -0.25) is 0 Å². The van der Waals surface area contributed by atoms with E-state index in [1.807, 2.05) is 0 Å². The molecule has 11 heteroatoms. The molecule has 0 saturated carbocycles. The third kappa shape index (κ3) is 4.45. The smallest absolute Gasteiger partial charge is 0.417 e. The summed E-state index contributed by atoms with van der Waals surface area (Å²) in [6, 6.07) is 5.75. The first kappa shape index (κ1) is 21.7. The van der Waals surface area contributed by atoms with Crippen LogP contribution >= 0.6 is 11.6 Å². The number of rotatable bonds is 4. The van der Waals surface area contributed by atoms with E-state index in [0.29, 0.717) is 26.2 Å². The number of alkyl halides is 3. The predicted octanol–water partition coefficient (Wildman–Crippen LogP) is 3.09. The second-order valence-electron chi connectivity index (χ2n) is 6.46. The summed E-state index contributed by atoms with van der Waals surface area (Å²) in [5.41, 5.74) is -1.30. The fourth-order valence-corrected chi connectivity index (χ4v) is 4.31. The van der Waals surface area contributed by atoms with Gasteiger partial charge < -0.3 is 15.0 Å². The molecule has 0 unspecified atom stereocenters. The third-order valence-electron chi connectivity index (χ3n) is 4.62. The van der Waals surface area contributed by atoms with Gasteiger partial charge in [-0.1, -0.05) is 17.7 Å². The molecule has 1 heterocycles. The van der Waals surface area contributed by atoms with Crippen LogP contribution in [0.1, 0.15) is 5.56 Å². The molecular formula is C18H19ClF3N3O3S. The zero-order valence-corrected chi connectivity index (χ0v) is 17.0. The number of sulfonamides is 1. The normalized spacial score (nSPS) is 15.4. The van der Waals surface area contributed by atoms with Crippen molar-refractivity contribution in [2.45, 2.75) is 11.1 Å². The van der Waals surface area contributed by atoms with Crippen molar-refractivity contribution in [1.29, 1.82) is 0 Å². The molecule has 1 aliphatic heterocycles. The number of halogens is 4. The lowest BCUT2D eigenvalue weighted by Crippen LogP contribution is -2.44. The maximum absolute atomic E-state index is 13.8. The molecule has 1 aliphatic rings. The first-order valence-corrected chi connectivity index (χ1v) is 10.5. The van der Waals surface area contributed by atoms with Crippen molar-refractivity contribution in [2.75, 3.05) is 38.2 Å². The number of hydrogen-bond donors (Lipinski definition) is 2. The lowest BCUT2D eigenvalue weighted by Gasteiger charge is -2.33. The molecule has 29 heavy (non-hydrogen) atoms. The highest BCUT2D eigenvalue weighted by molar-refractivity contribution is 7.89. The number of hydrogen-bond acceptors (Lipinski definition) is 5. The lowest BCUT2D eigenvalue weighted by molar-refractivity contribution is -0.137. The van der Waals surface area contributed by atoms with E-state index in [1.54, 1.807) is 4.90 Å². The van der Waals surface area contributed by atoms with Gasteiger partial charge in [-0.15, -0.1) is 0 Å². The van der Waals surface area contributed by atoms with Gasteiger partial charge in [0.05, 0.1) is 23.3 Å². The SMILES string of the molecule is COc1ccc(S(N)(=O)=O)c(-c2ccc(Cl)cc2C(F)(F)F)c1N1CCNCC1. The van der Waals surface area contributed by atoms with Crippen LogP contribution in [0, 0.1) is 0 Å². The van der Waals surface area contributed by atoms with Crippen molar-refractivity contribution in [3.63, 3.8) is 0 Å². The first-order valence-electron chi connectivity index (χ1n) is 8.60. The number of piperazine rings is 1. The predicted molar refractivity (Wildman–Crippen MR) is 105 cm³/mol. The zero-order valence-electron chi connectivity index (χ0n) is 15.4. The summed E-state index contributed by atoms with van der Waals surface area (Å²) in [4.78, 5) is 1.37. The Morgan fingerprint density at radius 1 is 1.17 bits per heavy atom. The maximum Gasteiger partial charge on any atom is 0.417 e. The van der Waals surface area contributed by atoms with Crippen LogP contribution in [0.3, 0.4) is 0 Å². The van der Waals surface area contributed by atoms with Gasteiger partial charge in [-0.05, 0) is 29.8 Å². The molecule has 0 atom stereocenters. The zero-order chi connectivity index (χ0) is 21.4. The maximum atomic E-state index is 13.8. The van der Waals surface area contributed by atoms with Gasteiger partial charge in [0.25, 0.3) is 0 Å². The number of anilines is 1. The largest absolute Gasteiger partial charge is 0.495 e. The molecule has 0 radical (unpaired) electrons.